The number of hydrogen-bond donors (Lipinski definition) is 1. The van der Waals surface area contributed by atoms with E-state index in [0.29, 0.717) is 0 Å². The molecule has 2 aromatic heterocycles. The molecule has 0 aliphatic carbocycles. The minimum Gasteiger partial charge on any atom is -0.370 e. The molecule has 0 saturated carbocycles. The smallest absolute Gasteiger partial charge is 0.137 e. The molecular weight excluding hydrogens is 262 g/mol. The van der Waals surface area contributed by atoms with Crippen molar-refractivity contribution in [3.05, 3.63) is 42.0 Å². The van der Waals surface area contributed by atoms with E-state index >= 15 is 0 Å². The summed E-state index contributed by atoms with van der Waals surface area (Å²) in [6.45, 7) is 8.88. The molecule has 5 nitrogen and oxygen atoms in total. The fourth-order valence-corrected chi connectivity index (χ4v) is 2.20. The van der Waals surface area contributed by atoms with Gasteiger partial charge in [-0.15, -0.1) is 0 Å². The topological polar surface area (TPSA) is 53.9 Å². The standard InChI is InChI=1S/C16H23N5/c1-4-9-18-15-13(3)16(20-12-19-15)21(5-2)11-14-8-6-7-10-17-14/h6-8,10,12H,4-5,9,11H2,1-3H3,(H,18,19,20). The van der Waals surface area contributed by atoms with Gasteiger partial charge in [0.05, 0.1) is 12.2 Å². The van der Waals surface area contributed by atoms with Gasteiger partial charge in [-0.25, -0.2) is 9.97 Å². The Kier molecular flexibility index (Phi) is 5.49. The minimum absolute atomic E-state index is 0.752. The Morgan fingerprint density at radius 3 is 2.67 bits per heavy atom. The van der Waals surface area contributed by atoms with Gasteiger partial charge in [0.15, 0.2) is 0 Å². The molecule has 0 saturated heterocycles. The first-order chi connectivity index (χ1) is 10.3. The highest BCUT2D eigenvalue weighted by atomic mass is 15.2. The third-order valence-corrected chi connectivity index (χ3v) is 3.36. The lowest BCUT2D eigenvalue weighted by Gasteiger charge is -2.24. The summed E-state index contributed by atoms with van der Waals surface area (Å²) in [4.78, 5) is 15.4. The number of pyridine rings is 1. The van der Waals surface area contributed by atoms with E-state index in [0.717, 1.165) is 48.9 Å². The average molecular weight is 285 g/mol. The summed E-state index contributed by atoms with van der Waals surface area (Å²) in [5.74, 6) is 1.89. The molecule has 0 aromatic carbocycles. The lowest BCUT2D eigenvalue weighted by Crippen LogP contribution is -2.25. The molecule has 2 heterocycles. The van der Waals surface area contributed by atoms with E-state index in [9.17, 15) is 0 Å². The summed E-state index contributed by atoms with van der Waals surface area (Å²) in [5, 5.41) is 3.35. The molecule has 0 aliphatic rings. The number of hydrogen-bond acceptors (Lipinski definition) is 5. The van der Waals surface area contributed by atoms with Crippen molar-refractivity contribution in [2.24, 2.45) is 0 Å². The highest BCUT2D eigenvalue weighted by Crippen LogP contribution is 2.23. The summed E-state index contributed by atoms with van der Waals surface area (Å²) in [6.07, 6.45) is 4.52. The van der Waals surface area contributed by atoms with E-state index in [1.54, 1.807) is 6.33 Å². The van der Waals surface area contributed by atoms with Crippen LogP contribution in [0.5, 0.6) is 0 Å². The molecule has 5 heteroatoms. The molecule has 1 N–H and O–H groups in total. The number of aromatic nitrogens is 3. The molecule has 112 valence electrons. The zero-order valence-electron chi connectivity index (χ0n) is 13.0. The Morgan fingerprint density at radius 1 is 1.14 bits per heavy atom. The lowest BCUT2D eigenvalue weighted by molar-refractivity contribution is 0.786. The van der Waals surface area contributed by atoms with E-state index in [4.69, 9.17) is 0 Å². The van der Waals surface area contributed by atoms with Gasteiger partial charge in [-0.05, 0) is 32.4 Å². The van der Waals surface area contributed by atoms with Crippen LogP contribution in [0.25, 0.3) is 0 Å². The van der Waals surface area contributed by atoms with Crippen LogP contribution in [0.3, 0.4) is 0 Å². The summed E-state index contributed by atoms with van der Waals surface area (Å²) < 4.78 is 0. The molecule has 0 amide bonds. The molecular formula is C16H23N5. The number of nitrogens with one attached hydrogen (secondary N) is 1. The van der Waals surface area contributed by atoms with Crippen LogP contribution in [0.2, 0.25) is 0 Å². The Labute approximate surface area is 126 Å². The van der Waals surface area contributed by atoms with Crippen molar-refractivity contribution in [3.63, 3.8) is 0 Å². The highest BCUT2D eigenvalue weighted by molar-refractivity contribution is 5.57. The first-order valence-electron chi connectivity index (χ1n) is 7.46. The van der Waals surface area contributed by atoms with E-state index in [2.05, 4.69) is 45.9 Å². The van der Waals surface area contributed by atoms with Gasteiger partial charge in [0, 0.05) is 24.8 Å². The second-order valence-corrected chi connectivity index (χ2v) is 4.93. The largest absolute Gasteiger partial charge is 0.370 e. The predicted molar refractivity (Wildman–Crippen MR) is 86.5 cm³/mol. The van der Waals surface area contributed by atoms with Gasteiger partial charge in [-0.1, -0.05) is 13.0 Å². The van der Waals surface area contributed by atoms with Crippen LogP contribution >= 0.6 is 0 Å². The zero-order chi connectivity index (χ0) is 15.1. The van der Waals surface area contributed by atoms with Gasteiger partial charge in [0.25, 0.3) is 0 Å². The summed E-state index contributed by atoms with van der Waals surface area (Å²) in [5.41, 5.74) is 2.13. The SMILES string of the molecule is CCCNc1ncnc(N(CC)Cc2ccccn2)c1C. The van der Waals surface area contributed by atoms with Gasteiger partial charge >= 0.3 is 0 Å². The maximum Gasteiger partial charge on any atom is 0.137 e. The van der Waals surface area contributed by atoms with Crippen molar-refractivity contribution >= 4 is 11.6 Å². The molecule has 0 radical (unpaired) electrons. The number of anilines is 2. The molecule has 0 spiro atoms. The number of nitrogens with zero attached hydrogens (tertiary/aromatic N) is 4. The third kappa shape index (κ3) is 3.90. The van der Waals surface area contributed by atoms with Crippen molar-refractivity contribution in [2.75, 3.05) is 23.3 Å². The van der Waals surface area contributed by atoms with Crippen LogP contribution < -0.4 is 10.2 Å². The Morgan fingerprint density at radius 2 is 2.00 bits per heavy atom. The van der Waals surface area contributed by atoms with E-state index in [-0.39, 0.29) is 0 Å². The van der Waals surface area contributed by atoms with Crippen LogP contribution in [0.4, 0.5) is 11.6 Å². The third-order valence-electron chi connectivity index (χ3n) is 3.36. The predicted octanol–water partition coefficient (Wildman–Crippen LogP) is 3.03. The van der Waals surface area contributed by atoms with Crippen LogP contribution in [0.15, 0.2) is 30.7 Å². The van der Waals surface area contributed by atoms with Crippen molar-refractivity contribution in [1.82, 2.24) is 15.0 Å². The second kappa shape index (κ2) is 7.57. The normalized spacial score (nSPS) is 10.4. The lowest BCUT2D eigenvalue weighted by atomic mass is 10.2. The van der Waals surface area contributed by atoms with Gasteiger partial charge in [-0.2, -0.15) is 0 Å². The Bertz CT molecular complexity index is 556. The second-order valence-electron chi connectivity index (χ2n) is 4.93. The van der Waals surface area contributed by atoms with Crippen LogP contribution in [-0.4, -0.2) is 28.0 Å². The average Bonchev–Trinajstić information content (AvgIpc) is 2.53. The van der Waals surface area contributed by atoms with Gasteiger partial charge in [-0.3, -0.25) is 4.98 Å². The van der Waals surface area contributed by atoms with Crippen molar-refractivity contribution < 1.29 is 0 Å². The van der Waals surface area contributed by atoms with Crippen LogP contribution in [0.1, 0.15) is 31.5 Å². The molecule has 0 aliphatic heterocycles. The van der Waals surface area contributed by atoms with Crippen molar-refractivity contribution in [1.29, 1.82) is 0 Å². The fraction of sp³-hybridized carbons (Fsp3) is 0.438. The van der Waals surface area contributed by atoms with Gasteiger partial charge in [0.2, 0.25) is 0 Å². The van der Waals surface area contributed by atoms with E-state index in [1.807, 2.05) is 24.4 Å². The summed E-state index contributed by atoms with van der Waals surface area (Å²) >= 11 is 0. The fourth-order valence-electron chi connectivity index (χ4n) is 2.20. The molecule has 0 fully saturated rings. The first kappa shape index (κ1) is 15.2. The summed E-state index contributed by atoms with van der Waals surface area (Å²) in [6, 6.07) is 5.98. The Hall–Kier alpha value is -2.17. The number of rotatable bonds is 7. The molecule has 2 aromatic rings. The molecule has 2 rings (SSSR count). The molecule has 0 unspecified atom stereocenters. The van der Waals surface area contributed by atoms with Crippen molar-refractivity contribution in [2.45, 2.75) is 33.7 Å². The highest BCUT2D eigenvalue weighted by Gasteiger charge is 2.13. The zero-order valence-corrected chi connectivity index (χ0v) is 13.0. The van der Waals surface area contributed by atoms with E-state index < -0.39 is 0 Å². The van der Waals surface area contributed by atoms with E-state index in [1.165, 1.54) is 0 Å². The summed E-state index contributed by atoms with van der Waals surface area (Å²) in [7, 11) is 0. The maximum atomic E-state index is 4.46. The quantitative estimate of drug-likeness (QED) is 0.847. The maximum absolute atomic E-state index is 4.46. The molecule has 21 heavy (non-hydrogen) atoms. The van der Waals surface area contributed by atoms with Crippen LogP contribution in [0, 0.1) is 6.92 Å². The Balaban J connectivity index is 2.21. The molecule has 0 atom stereocenters. The van der Waals surface area contributed by atoms with Crippen molar-refractivity contribution in [3.8, 4) is 0 Å². The monoisotopic (exact) mass is 285 g/mol. The first-order valence-corrected chi connectivity index (χ1v) is 7.46. The van der Waals surface area contributed by atoms with Gasteiger partial charge in [0.1, 0.15) is 18.0 Å². The van der Waals surface area contributed by atoms with Crippen LogP contribution in [-0.2, 0) is 6.54 Å². The minimum atomic E-state index is 0.752. The van der Waals surface area contributed by atoms with Gasteiger partial charge < -0.3 is 10.2 Å². The molecule has 0 bridgehead atoms.